The molecule has 0 amide bonds. The third-order valence-corrected chi connectivity index (χ3v) is 7.58. The highest BCUT2D eigenvalue weighted by atomic mass is 16.5. The maximum atomic E-state index is 10.1. The van der Waals surface area contributed by atoms with E-state index < -0.39 is 0 Å². The maximum Gasteiger partial charge on any atom is 0.118 e. The molecule has 3 aliphatic carbocycles. The third-order valence-electron chi connectivity index (χ3n) is 7.58. The molecule has 3 heteroatoms. The van der Waals surface area contributed by atoms with Crippen LogP contribution in [0.1, 0.15) is 75.0 Å². The fraction of sp³-hybridized carbons (Fsp3) is 0.462. The lowest BCUT2D eigenvalue weighted by Crippen LogP contribution is -2.44. The smallest absolute Gasteiger partial charge is 0.118 e. The van der Waals surface area contributed by atoms with Crippen molar-refractivity contribution in [2.75, 3.05) is 7.11 Å². The van der Waals surface area contributed by atoms with Crippen molar-refractivity contribution in [2.24, 2.45) is 5.41 Å². The first-order valence-corrected chi connectivity index (χ1v) is 10.7. The monoisotopic (exact) mass is 384 g/mol. The van der Waals surface area contributed by atoms with Crippen molar-refractivity contribution < 1.29 is 4.74 Å². The van der Waals surface area contributed by atoms with Gasteiger partial charge in [0.25, 0.3) is 0 Å². The largest absolute Gasteiger partial charge is 0.497 e. The molecule has 0 spiro atoms. The molecular weight excluding hydrogens is 356 g/mol. The molecule has 0 atom stereocenters. The van der Waals surface area contributed by atoms with Crippen LogP contribution in [0.5, 0.6) is 5.75 Å². The summed E-state index contributed by atoms with van der Waals surface area (Å²) >= 11 is 0. The minimum absolute atomic E-state index is 0.0740. The van der Waals surface area contributed by atoms with E-state index in [-0.39, 0.29) is 5.41 Å². The number of fused-ring (bicyclic) bond motifs is 3. The average molecular weight is 385 g/mol. The molecule has 2 bridgehead atoms. The van der Waals surface area contributed by atoms with Gasteiger partial charge in [-0.15, -0.1) is 0 Å². The average Bonchev–Trinajstić information content (AvgIpc) is 2.79. The van der Waals surface area contributed by atoms with Gasteiger partial charge in [-0.1, -0.05) is 37.6 Å². The molecule has 3 aliphatic rings. The number of methoxy groups -OCH3 is 1. The van der Waals surface area contributed by atoms with Gasteiger partial charge in [0.15, 0.2) is 0 Å². The van der Waals surface area contributed by atoms with Gasteiger partial charge in [0, 0.05) is 5.56 Å². The topological polar surface area (TPSA) is 56.8 Å². The number of hydrogen-bond donors (Lipinski definition) is 0. The second kappa shape index (κ2) is 7.57. The Morgan fingerprint density at radius 3 is 2.00 bits per heavy atom. The van der Waals surface area contributed by atoms with Crippen LogP contribution in [0.25, 0.3) is 11.1 Å². The number of benzene rings is 2. The van der Waals surface area contributed by atoms with Crippen LogP contribution in [0.3, 0.4) is 0 Å². The molecule has 3 nitrogen and oxygen atoms in total. The number of rotatable bonds is 5. The van der Waals surface area contributed by atoms with Crippen molar-refractivity contribution in [1.82, 2.24) is 0 Å². The third kappa shape index (κ3) is 3.20. The van der Waals surface area contributed by atoms with Gasteiger partial charge in [-0.25, -0.2) is 0 Å². The molecule has 2 aromatic rings. The zero-order chi connectivity index (χ0) is 20.5. The summed E-state index contributed by atoms with van der Waals surface area (Å²) in [4.78, 5) is 0. The predicted octanol–water partition coefficient (Wildman–Crippen LogP) is 6.50. The second-order valence-electron chi connectivity index (χ2n) is 8.89. The molecule has 3 fully saturated rings. The van der Waals surface area contributed by atoms with Gasteiger partial charge in [-0.3, -0.25) is 0 Å². The van der Waals surface area contributed by atoms with Crippen molar-refractivity contribution in [2.45, 2.75) is 63.7 Å². The van der Waals surface area contributed by atoms with Gasteiger partial charge in [0.2, 0.25) is 0 Å². The van der Waals surface area contributed by atoms with Gasteiger partial charge >= 0.3 is 0 Å². The molecule has 2 aromatic carbocycles. The van der Waals surface area contributed by atoms with E-state index in [4.69, 9.17) is 4.74 Å². The summed E-state index contributed by atoms with van der Waals surface area (Å²) in [6.45, 7) is 2.29. The summed E-state index contributed by atoms with van der Waals surface area (Å²) in [6, 6.07) is 16.6. The van der Waals surface area contributed by atoms with E-state index >= 15 is 0 Å². The van der Waals surface area contributed by atoms with Gasteiger partial charge in [-0.2, -0.15) is 10.5 Å². The van der Waals surface area contributed by atoms with Crippen LogP contribution >= 0.6 is 0 Å². The van der Waals surface area contributed by atoms with Crippen LogP contribution in [0.4, 0.5) is 0 Å². The van der Waals surface area contributed by atoms with Gasteiger partial charge < -0.3 is 4.74 Å². The number of ether oxygens (including phenoxy) is 1. The van der Waals surface area contributed by atoms with Crippen molar-refractivity contribution in [1.29, 1.82) is 10.5 Å². The summed E-state index contributed by atoms with van der Waals surface area (Å²) in [7, 11) is 1.64. The Morgan fingerprint density at radius 2 is 1.48 bits per heavy atom. The Balaban J connectivity index is 1.75. The van der Waals surface area contributed by atoms with Crippen LogP contribution < -0.4 is 4.74 Å². The van der Waals surface area contributed by atoms with E-state index in [1.54, 1.807) is 7.11 Å². The lowest BCUT2D eigenvalue weighted by Gasteiger charge is -2.54. The number of nitriles is 2. The standard InChI is InChI=1S/C26H28N2O/c1-3-10-25-11-14-26(15-12-25,16-13-25)24-9-8-21(22(17-27)23(24)18-28)19-4-6-20(29-2)7-5-19/h4-9H,3,10-16H2,1-2H3. The molecule has 0 radical (unpaired) electrons. The highest BCUT2D eigenvalue weighted by Crippen LogP contribution is 2.60. The van der Waals surface area contributed by atoms with Gasteiger partial charge in [0.05, 0.1) is 18.2 Å². The lowest BCUT2D eigenvalue weighted by atomic mass is 9.50. The molecule has 0 N–H and O–H groups in total. The van der Waals surface area contributed by atoms with Crippen LogP contribution in [-0.4, -0.2) is 7.11 Å². The predicted molar refractivity (Wildman–Crippen MR) is 115 cm³/mol. The van der Waals surface area contributed by atoms with Crippen LogP contribution in [0.15, 0.2) is 36.4 Å². The molecule has 3 saturated carbocycles. The molecule has 0 unspecified atom stereocenters. The Bertz CT molecular complexity index is 967. The van der Waals surface area contributed by atoms with E-state index in [1.165, 1.54) is 32.1 Å². The fourth-order valence-electron chi connectivity index (χ4n) is 5.86. The van der Waals surface area contributed by atoms with Gasteiger partial charge in [-0.05, 0) is 79.0 Å². The number of nitrogens with zero attached hydrogens (tertiary/aromatic N) is 2. The van der Waals surface area contributed by atoms with E-state index in [2.05, 4.69) is 25.1 Å². The Morgan fingerprint density at radius 1 is 0.862 bits per heavy atom. The van der Waals surface area contributed by atoms with Crippen LogP contribution in [-0.2, 0) is 5.41 Å². The first-order chi connectivity index (χ1) is 14.1. The van der Waals surface area contributed by atoms with E-state index in [9.17, 15) is 10.5 Å². The minimum Gasteiger partial charge on any atom is -0.497 e. The highest BCUT2D eigenvalue weighted by molar-refractivity contribution is 5.75. The summed E-state index contributed by atoms with van der Waals surface area (Å²) in [5.41, 5.74) is 4.59. The van der Waals surface area contributed by atoms with Crippen LogP contribution in [0.2, 0.25) is 0 Å². The first kappa shape index (κ1) is 19.5. The first-order valence-electron chi connectivity index (χ1n) is 10.7. The molecule has 0 aliphatic heterocycles. The van der Waals surface area contributed by atoms with Crippen molar-refractivity contribution in [3.8, 4) is 29.0 Å². The molecule has 0 saturated heterocycles. The Hall–Kier alpha value is -2.78. The van der Waals surface area contributed by atoms with Gasteiger partial charge in [0.1, 0.15) is 17.9 Å². The Kier molecular flexibility index (Phi) is 5.10. The number of hydrogen-bond acceptors (Lipinski definition) is 3. The van der Waals surface area contributed by atoms with E-state index in [0.717, 1.165) is 41.7 Å². The fourth-order valence-corrected chi connectivity index (χ4v) is 5.86. The lowest BCUT2D eigenvalue weighted by molar-refractivity contribution is 0.0319. The summed E-state index contributed by atoms with van der Waals surface area (Å²) in [6.07, 6.45) is 9.80. The molecular formula is C26H28N2O. The second-order valence-corrected chi connectivity index (χ2v) is 8.89. The molecule has 5 rings (SSSR count). The van der Waals surface area contributed by atoms with E-state index in [0.29, 0.717) is 16.5 Å². The SMILES string of the molecule is CCCC12CCC(c3ccc(-c4ccc(OC)cc4)c(C#N)c3C#N)(CC1)CC2. The summed E-state index contributed by atoms with van der Waals surface area (Å²) in [5.74, 6) is 0.781. The normalized spacial score (nSPS) is 25.2. The maximum absolute atomic E-state index is 10.1. The van der Waals surface area contributed by atoms with E-state index in [1.807, 2.05) is 30.3 Å². The van der Waals surface area contributed by atoms with Crippen molar-refractivity contribution in [3.05, 3.63) is 53.1 Å². The Labute approximate surface area is 173 Å². The molecule has 0 heterocycles. The summed E-state index contributed by atoms with van der Waals surface area (Å²) < 4.78 is 5.25. The molecule has 0 aromatic heterocycles. The van der Waals surface area contributed by atoms with Crippen LogP contribution in [0, 0.1) is 28.1 Å². The summed E-state index contributed by atoms with van der Waals surface area (Å²) in [5, 5.41) is 20.0. The minimum atomic E-state index is 0.0740. The zero-order valence-electron chi connectivity index (χ0n) is 17.4. The molecule has 29 heavy (non-hydrogen) atoms. The van der Waals surface area contributed by atoms with Crippen molar-refractivity contribution in [3.63, 3.8) is 0 Å². The van der Waals surface area contributed by atoms with Crippen molar-refractivity contribution >= 4 is 0 Å². The quantitative estimate of drug-likeness (QED) is 0.591. The highest BCUT2D eigenvalue weighted by Gasteiger charge is 2.49. The molecule has 148 valence electrons. The zero-order valence-corrected chi connectivity index (χ0v) is 17.4.